The number of rotatable bonds is 77. The number of hydrogen-bond acceptors (Lipinski definition) is 24. The van der Waals surface area contributed by atoms with Crippen LogP contribution in [0.15, 0.2) is 24.3 Å². The average Bonchev–Trinajstić information content (AvgIpc) is 0.752. The lowest BCUT2D eigenvalue weighted by Crippen LogP contribution is -2.70. The highest BCUT2D eigenvalue weighted by molar-refractivity contribution is 7.47. The third-order valence-electron chi connectivity index (χ3n) is 23.6. The van der Waals surface area contributed by atoms with Crippen molar-refractivity contribution in [3.8, 4) is 0 Å². The number of aliphatic hydroxyl groups excluding tert-OH is 9. The molecule has 10 N–H and O–H groups in total. The van der Waals surface area contributed by atoms with Gasteiger partial charge in [-0.3, -0.25) is 28.2 Å². The molecule has 2 heterocycles. The van der Waals surface area contributed by atoms with E-state index >= 15 is 0 Å². The molecule has 19 unspecified atom stereocenters. The molecule has 0 aromatic rings. The Balaban J connectivity index is 1.92. The van der Waals surface area contributed by atoms with Crippen molar-refractivity contribution >= 4 is 31.7 Å². The third-order valence-corrected chi connectivity index (χ3v) is 24.6. The summed E-state index contributed by atoms with van der Waals surface area (Å²) in [4.78, 5) is 66.5. The Hall–Kier alpha value is -3.05. The number of phosphoric acid groups is 1. The molecule has 2 saturated heterocycles. The first-order valence-corrected chi connectivity index (χ1v) is 49.5. The predicted molar refractivity (Wildman–Crippen MR) is 462 cm³/mol. The Labute approximate surface area is 717 Å². The zero-order valence-corrected chi connectivity index (χ0v) is 75.5. The Morgan fingerprint density at radius 1 is 0.353 bits per heavy atom. The van der Waals surface area contributed by atoms with Gasteiger partial charge in [0, 0.05) is 25.7 Å². The molecule has 2 aliphatic heterocycles. The molecule has 0 bridgehead atoms. The first-order chi connectivity index (χ1) is 57.6. The fraction of sp³-hybridized carbons (Fsp3) is 0.914. The second-order valence-corrected chi connectivity index (χ2v) is 35.9. The standard InChI is InChI=1S/C93H171O25P/c1-6-10-14-18-22-25-28-31-33-35-38-40-43-46-53-59-65-77(96)110-71-75-81(100)83(102)87(106)93(114-75)117-90-88(115-79(98)67-61-55-49-48-51-57-63-72(5)62-56-50-21-17-13-9-4)84(103)85(104)89(116-92-86(105)82(101)80(99)74(68-94)113-92)91(90)118-119(107,108)111-70-73(112-78(97)66-60-54-47-44-41-36-30-27-24-20-16-12-8-3)69-109-76(95)64-58-52-45-42-39-37-34-32-29-26-23-19-15-11-7-2/h26,29,36,41,72-75,80-94,99-106H,6-25,27-28,30-35,37-40,42-71H2,1-5H3,(H,107,108)/b29-26-,41-36-. The maximum Gasteiger partial charge on any atom is 0.472 e. The summed E-state index contributed by atoms with van der Waals surface area (Å²) in [6, 6.07) is 0. The highest BCUT2D eigenvalue weighted by atomic mass is 31.2. The normalized spacial score (nSPS) is 25.2. The quantitative estimate of drug-likeness (QED) is 0.00889. The van der Waals surface area contributed by atoms with E-state index in [4.69, 9.17) is 46.9 Å². The van der Waals surface area contributed by atoms with Crippen LogP contribution >= 0.6 is 7.82 Å². The molecule has 119 heavy (non-hydrogen) atoms. The number of carbonyl (C=O) groups excluding carboxylic acids is 4. The molecule has 19 atom stereocenters. The third kappa shape index (κ3) is 51.4. The van der Waals surface area contributed by atoms with Crippen molar-refractivity contribution in [2.24, 2.45) is 5.92 Å². The van der Waals surface area contributed by atoms with Crippen LogP contribution in [0.2, 0.25) is 0 Å². The Kier molecular flexibility index (Phi) is 65.7. The molecule has 0 aromatic carbocycles. The summed E-state index contributed by atoms with van der Waals surface area (Å²) in [5, 5.41) is 102. The molecular formula is C93H171O25P. The molecule has 0 aromatic heterocycles. The van der Waals surface area contributed by atoms with E-state index in [0.717, 1.165) is 141 Å². The molecule has 0 spiro atoms. The van der Waals surface area contributed by atoms with Crippen molar-refractivity contribution in [2.45, 2.75) is 511 Å². The van der Waals surface area contributed by atoms with Crippen LogP contribution in [-0.4, -0.2) is 205 Å². The lowest BCUT2D eigenvalue weighted by Gasteiger charge is -2.50. The monoisotopic (exact) mass is 1720 g/mol. The summed E-state index contributed by atoms with van der Waals surface area (Å²) < 4.78 is 73.5. The summed E-state index contributed by atoms with van der Waals surface area (Å²) in [5.74, 6) is -2.36. The fourth-order valence-electron chi connectivity index (χ4n) is 15.8. The van der Waals surface area contributed by atoms with Crippen molar-refractivity contribution in [1.82, 2.24) is 0 Å². The van der Waals surface area contributed by atoms with Gasteiger partial charge in [-0.2, -0.15) is 0 Å². The average molecular weight is 1720 g/mol. The fourth-order valence-corrected chi connectivity index (χ4v) is 16.8. The van der Waals surface area contributed by atoms with Crippen LogP contribution in [0.5, 0.6) is 0 Å². The molecule has 0 radical (unpaired) electrons. The van der Waals surface area contributed by atoms with Crippen molar-refractivity contribution < 1.29 is 122 Å². The van der Waals surface area contributed by atoms with Crippen LogP contribution in [0, 0.1) is 5.92 Å². The Morgan fingerprint density at radius 2 is 0.681 bits per heavy atom. The number of unbranched alkanes of at least 4 members (excludes halogenated alkanes) is 45. The molecule has 3 fully saturated rings. The Bertz CT molecular complexity index is 2580. The molecule has 698 valence electrons. The number of esters is 4. The van der Waals surface area contributed by atoms with Gasteiger partial charge < -0.3 is 88.7 Å². The maximum absolute atomic E-state index is 14.9. The van der Waals surface area contributed by atoms with Gasteiger partial charge in [-0.05, 0) is 83.0 Å². The van der Waals surface area contributed by atoms with Gasteiger partial charge >= 0.3 is 31.7 Å². The minimum Gasteiger partial charge on any atom is -0.463 e. The van der Waals surface area contributed by atoms with E-state index in [1.165, 1.54) is 167 Å². The SMILES string of the molecule is CCCCCC/C=C\CCCCCCCCCC(=O)OCC(COP(=O)(O)OC1C(OC2OC(CO)C(O)C(O)C2O)C(O)C(O)C(OC(=O)CCCCCCCCC(C)CCCCCCCC)C1OC1OC(COC(=O)CCCCCCCCCCCCCCCCCC)C(O)C(O)C1O)OC(=O)CCCCC/C=C\CCCCCCCC. The number of aliphatic hydroxyl groups is 9. The van der Waals surface area contributed by atoms with Crippen LogP contribution < -0.4 is 0 Å². The van der Waals surface area contributed by atoms with Gasteiger partial charge in [-0.15, -0.1) is 0 Å². The number of carbonyl (C=O) groups is 4. The Morgan fingerprint density at radius 3 is 1.10 bits per heavy atom. The number of phosphoric ester groups is 1. The van der Waals surface area contributed by atoms with Gasteiger partial charge in [0.25, 0.3) is 0 Å². The first kappa shape index (κ1) is 110. The van der Waals surface area contributed by atoms with E-state index in [0.29, 0.717) is 44.4 Å². The number of allylic oxidation sites excluding steroid dienone is 4. The van der Waals surface area contributed by atoms with E-state index in [-0.39, 0.29) is 25.7 Å². The summed E-state index contributed by atoms with van der Waals surface area (Å²) in [6.07, 6.45) is 30.3. The minimum absolute atomic E-state index is 0.0168. The topological polar surface area (TPSA) is 380 Å². The van der Waals surface area contributed by atoms with Gasteiger partial charge in [-0.1, -0.05) is 329 Å². The lowest BCUT2D eigenvalue weighted by atomic mass is 9.84. The van der Waals surface area contributed by atoms with Crippen molar-refractivity contribution in [3.63, 3.8) is 0 Å². The van der Waals surface area contributed by atoms with E-state index in [1.807, 2.05) is 0 Å². The molecule has 1 saturated carbocycles. The molecule has 1 aliphatic carbocycles. The largest absolute Gasteiger partial charge is 0.472 e. The van der Waals surface area contributed by atoms with Crippen molar-refractivity contribution in [3.05, 3.63) is 24.3 Å². The molecule has 26 heteroatoms. The zero-order valence-electron chi connectivity index (χ0n) is 74.6. The summed E-state index contributed by atoms with van der Waals surface area (Å²) in [6.45, 7) is 7.87. The zero-order chi connectivity index (χ0) is 86.9. The molecule has 3 rings (SSSR count). The highest BCUT2D eigenvalue weighted by Crippen LogP contribution is 2.49. The maximum atomic E-state index is 14.9. The molecule has 3 aliphatic rings. The van der Waals surface area contributed by atoms with Gasteiger partial charge in [0.15, 0.2) is 24.8 Å². The van der Waals surface area contributed by atoms with Gasteiger partial charge in [0.2, 0.25) is 0 Å². The molecule has 0 amide bonds. The van der Waals surface area contributed by atoms with Crippen molar-refractivity contribution in [1.29, 1.82) is 0 Å². The van der Waals surface area contributed by atoms with Crippen molar-refractivity contribution in [2.75, 3.05) is 26.4 Å². The predicted octanol–water partition coefficient (Wildman–Crippen LogP) is 18.0. The van der Waals surface area contributed by atoms with Gasteiger partial charge in [-0.25, -0.2) is 4.57 Å². The van der Waals surface area contributed by atoms with Crippen LogP contribution in [0.1, 0.15) is 407 Å². The van der Waals surface area contributed by atoms with E-state index < -0.39 is 162 Å². The van der Waals surface area contributed by atoms with Crippen LogP contribution in [0.3, 0.4) is 0 Å². The van der Waals surface area contributed by atoms with E-state index in [9.17, 15) is 74.6 Å². The van der Waals surface area contributed by atoms with Gasteiger partial charge in [0.05, 0.1) is 13.2 Å². The van der Waals surface area contributed by atoms with Gasteiger partial charge in [0.1, 0.15) is 92.6 Å². The first-order valence-electron chi connectivity index (χ1n) is 48.0. The smallest absolute Gasteiger partial charge is 0.463 e. The highest BCUT2D eigenvalue weighted by Gasteiger charge is 2.60. The van der Waals surface area contributed by atoms with Crippen LogP contribution in [-0.2, 0) is 70.7 Å². The van der Waals surface area contributed by atoms with E-state index in [1.54, 1.807) is 0 Å². The second kappa shape index (κ2) is 71.0. The van der Waals surface area contributed by atoms with Crippen LogP contribution in [0.25, 0.3) is 0 Å². The second-order valence-electron chi connectivity index (χ2n) is 34.5. The molecular weight excluding hydrogens is 1550 g/mol. The van der Waals surface area contributed by atoms with E-state index in [2.05, 4.69) is 58.9 Å². The van der Waals surface area contributed by atoms with Crippen LogP contribution in [0.4, 0.5) is 0 Å². The summed E-state index contributed by atoms with van der Waals surface area (Å²) in [5.41, 5.74) is 0. The summed E-state index contributed by atoms with van der Waals surface area (Å²) >= 11 is 0. The number of hydrogen-bond donors (Lipinski definition) is 10. The molecule has 25 nitrogen and oxygen atoms in total. The number of ether oxygens (including phenoxy) is 8. The summed E-state index contributed by atoms with van der Waals surface area (Å²) in [7, 11) is -5.81. The minimum atomic E-state index is -5.81. The lowest BCUT2D eigenvalue weighted by molar-refractivity contribution is -0.360.